The van der Waals surface area contributed by atoms with Crippen LogP contribution in [-0.4, -0.2) is 25.2 Å². The fraction of sp³-hybridized carbons (Fsp3) is 0.143. The zero-order valence-electron chi connectivity index (χ0n) is 11.2. The third kappa shape index (κ3) is 2.97. The number of nitrogens with one attached hydrogen (secondary N) is 1. The minimum absolute atomic E-state index is 0.271. The minimum Gasteiger partial charge on any atom is -0.497 e. The summed E-state index contributed by atoms with van der Waals surface area (Å²) in [5.74, 6) is 0.713. The fourth-order valence-electron chi connectivity index (χ4n) is 1.67. The highest BCUT2D eigenvalue weighted by molar-refractivity contribution is 5.95. The van der Waals surface area contributed by atoms with Crippen LogP contribution in [0.1, 0.15) is 10.4 Å². The van der Waals surface area contributed by atoms with E-state index in [0.717, 1.165) is 11.4 Å². The molecule has 0 spiro atoms. The van der Waals surface area contributed by atoms with E-state index in [1.165, 1.54) is 13.3 Å². The molecule has 6 heteroatoms. The maximum atomic E-state index is 11.6. The van der Waals surface area contributed by atoms with Crippen molar-refractivity contribution in [3.63, 3.8) is 0 Å². The molecule has 1 heterocycles. The Hall–Kier alpha value is -2.76. The summed E-state index contributed by atoms with van der Waals surface area (Å²) in [7, 11) is 2.90. The fourth-order valence-corrected chi connectivity index (χ4v) is 1.67. The summed E-state index contributed by atoms with van der Waals surface area (Å²) in [6, 6.07) is 8.90. The van der Waals surface area contributed by atoms with E-state index in [2.05, 4.69) is 15.0 Å². The van der Waals surface area contributed by atoms with Gasteiger partial charge in [0.05, 0.1) is 31.7 Å². The second kappa shape index (κ2) is 5.92. The number of benzene rings is 1. The summed E-state index contributed by atoms with van der Waals surface area (Å²) in [5.41, 5.74) is 7.03. The van der Waals surface area contributed by atoms with Crippen LogP contribution in [0.2, 0.25) is 0 Å². The Morgan fingerprint density at radius 3 is 2.80 bits per heavy atom. The number of nitrogens with zero attached hydrogens (tertiary/aromatic N) is 1. The number of carbonyl (C=O) groups excluding carboxylic acids is 1. The van der Waals surface area contributed by atoms with Crippen LogP contribution in [0.5, 0.6) is 5.75 Å². The van der Waals surface area contributed by atoms with E-state index < -0.39 is 5.97 Å². The third-order valence-electron chi connectivity index (χ3n) is 2.68. The van der Waals surface area contributed by atoms with Crippen molar-refractivity contribution in [3.05, 3.63) is 42.1 Å². The monoisotopic (exact) mass is 273 g/mol. The molecule has 20 heavy (non-hydrogen) atoms. The van der Waals surface area contributed by atoms with E-state index >= 15 is 0 Å². The molecule has 0 aliphatic carbocycles. The molecule has 0 saturated heterocycles. The van der Waals surface area contributed by atoms with E-state index in [1.54, 1.807) is 13.2 Å². The van der Waals surface area contributed by atoms with E-state index in [4.69, 9.17) is 10.5 Å². The van der Waals surface area contributed by atoms with Crippen LogP contribution >= 0.6 is 0 Å². The molecule has 0 fully saturated rings. The molecule has 0 atom stereocenters. The van der Waals surface area contributed by atoms with Crippen LogP contribution in [0, 0.1) is 0 Å². The maximum Gasteiger partial charge on any atom is 0.340 e. The van der Waals surface area contributed by atoms with Crippen LogP contribution in [0.15, 0.2) is 36.5 Å². The van der Waals surface area contributed by atoms with E-state index in [1.807, 2.05) is 24.3 Å². The topological polar surface area (TPSA) is 86.5 Å². The number of nitrogen functional groups attached to an aromatic ring is 1. The second-order valence-electron chi connectivity index (χ2n) is 4.01. The molecular weight excluding hydrogens is 258 g/mol. The van der Waals surface area contributed by atoms with Gasteiger partial charge >= 0.3 is 5.97 Å². The number of hydrogen-bond donors (Lipinski definition) is 2. The Morgan fingerprint density at radius 1 is 1.30 bits per heavy atom. The average Bonchev–Trinajstić information content (AvgIpc) is 2.48. The van der Waals surface area contributed by atoms with Crippen molar-refractivity contribution in [3.8, 4) is 5.75 Å². The lowest BCUT2D eigenvalue weighted by Gasteiger charge is -2.09. The molecule has 1 aromatic heterocycles. The standard InChI is InChI=1S/C14H15N3O3/c1-19-10-5-3-4-9(6-10)17-13-7-11(14(18)20-2)12(15)8-16-13/h3-8H,15H2,1-2H3,(H,16,17). The highest BCUT2D eigenvalue weighted by atomic mass is 16.5. The molecule has 2 rings (SSSR count). The minimum atomic E-state index is -0.501. The summed E-state index contributed by atoms with van der Waals surface area (Å²) in [4.78, 5) is 15.7. The van der Waals surface area contributed by atoms with Crippen molar-refractivity contribution >= 4 is 23.2 Å². The first-order valence-electron chi connectivity index (χ1n) is 5.89. The Labute approximate surface area is 116 Å². The summed E-state index contributed by atoms with van der Waals surface area (Å²) >= 11 is 0. The van der Waals surface area contributed by atoms with Crippen molar-refractivity contribution in [1.29, 1.82) is 0 Å². The van der Waals surface area contributed by atoms with Crippen molar-refractivity contribution in [2.24, 2.45) is 0 Å². The predicted molar refractivity (Wildman–Crippen MR) is 76.3 cm³/mol. The highest BCUT2D eigenvalue weighted by Gasteiger charge is 2.11. The Morgan fingerprint density at radius 2 is 2.10 bits per heavy atom. The molecule has 0 radical (unpaired) electrons. The Kier molecular flexibility index (Phi) is 4.05. The lowest BCUT2D eigenvalue weighted by Crippen LogP contribution is -2.07. The average molecular weight is 273 g/mol. The van der Waals surface area contributed by atoms with Crippen molar-refractivity contribution in [1.82, 2.24) is 4.98 Å². The molecule has 0 bridgehead atoms. The molecule has 3 N–H and O–H groups in total. The molecule has 0 saturated carbocycles. The van der Waals surface area contributed by atoms with Gasteiger partial charge < -0.3 is 20.5 Å². The number of hydrogen-bond acceptors (Lipinski definition) is 6. The van der Waals surface area contributed by atoms with Crippen LogP contribution in [0.25, 0.3) is 0 Å². The van der Waals surface area contributed by atoms with Gasteiger partial charge in [-0.3, -0.25) is 0 Å². The zero-order valence-corrected chi connectivity index (χ0v) is 11.2. The summed E-state index contributed by atoms with van der Waals surface area (Å²) in [5, 5.41) is 3.07. The van der Waals surface area contributed by atoms with Gasteiger partial charge in [0.2, 0.25) is 0 Å². The van der Waals surface area contributed by atoms with Gasteiger partial charge in [0.25, 0.3) is 0 Å². The molecule has 2 aromatic rings. The first-order valence-corrected chi connectivity index (χ1v) is 5.89. The van der Waals surface area contributed by atoms with Gasteiger partial charge in [-0.1, -0.05) is 6.07 Å². The van der Waals surface area contributed by atoms with Crippen molar-refractivity contribution in [2.75, 3.05) is 25.3 Å². The molecule has 6 nitrogen and oxygen atoms in total. The van der Waals surface area contributed by atoms with E-state index in [0.29, 0.717) is 5.82 Å². The normalized spacial score (nSPS) is 9.90. The van der Waals surface area contributed by atoms with Gasteiger partial charge in [-0.15, -0.1) is 0 Å². The largest absolute Gasteiger partial charge is 0.497 e. The summed E-state index contributed by atoms with van der Waals surface area (Å²) in [6.07, 6.45) is 1.41. The second-order valence-corrected chi connectivity index (χ2v) is 4.01. The third-order valence-corrected chi connectivity index (χ3v) is 2.68. The van der Waals surface area contributed by atoms with Gasteiger partial charge in [-0.2, -0.15) is 0 Å². The van der Waals surface area contributed by atoms with Gasteiger partial charge in [0, 0.05) is 11.8 Å². The van der Waals surface area contributed by atoms with Crippen molar-refractivity contribution < 1.29 is 14.3 Å². The first kappa shape index (κ1) is 13.7. The number of ether oxygens (including phenoxy) is 2. The number of pyridine rings is 1. The first-order chi connectivity index (χ1) is 9.63. The zero-order chi connectivity index (χ0) is 14.5. The molecular formula is C14H15N3O3. The van der Waals surface area contributed by atoms with Crippen LogP contribution in [-0.2, 0) is 4.74 Å². The van der Waals surface area contributed by atoms with E-state index in [-0.39, 0.29) is 11.3 Å². The van der Waals surface area contributed by atoms with Crippen LogP contribution < -0.4 is 15.8 Å². The number of nitrogens with two attached hydrogens (primary N) is 1. The molecule has 0 unspecified atom stereocenters. The lowest BCUT2D eigenvalue weighted by molar-refractivity contribution is 0.0602. The van der Waals surface area contributed by atoms with Gasteiger partial charge in [-0.05, 0) is 18.2 Å². The number of rotatable bonds is 4. The maximum absolute atomic E-state index is 11.6. The summed E-state index contributed by atoms with van der Waals surface area (Å²) in [6.45, 7) is 0. The number of esters is 1. The predicted octanol–water partition coefficient (Wildman–Crippen LogP) is 2.20. The molecule has 0 aliphatic rings. The number of carbonyl (C=O) groups is 1. The SMILES string of the molecule is COC(=O)c1cc(Nc2cccc(OC)c2)ncc1N. The molecule has 0 aliphatic heterocycles. The highest BCUT2D eigenvalue weighted by Crippen LogP contribution is 2.22. The van der Waals surface area contributed by atoms with Gasteiger partial charge in [-0.25, -0.2) is 9.78 Å². The van der Waals surface area contributed by atoms with Gasteiger partial charge in [0.1, 0.15) is 11.6 Å². The molecule has 104 valence electrons. The number of methoxy groups -OCH3 is 2. The summed E-state index contributed by atoms with van der Waals surface area (Å²) < 4.78 is 9.80. The van der Waals surface area contributed by atoms with E-state index in [9.17, 15) is 4.79 Å². The van der Waals surface area contributed by atoms with Gasteiger partial charge in [0.15, 0.2) is 0 Å². The Balaban J connectivity index is 2.27. The molecule has 0 amide bonds. The molecule has 1 aromatic carbocycles. The van der Waals surface area contributed by atoms with Crippen molar-refractivity contribution in [2.45, 2.75) is 0 Å². The number of aromatic nitrogens is 1. The van der Waals surface area contributed by atoms with Crippen LogP contribution in [0.3, 0.4) is 0 Å². The number of anilines is 3. The lowest BCUT2D eigenvalue weighted by atomic mass is 10.2. The Bertz CT molecular complexity index is 629. The van der Waals surface area contributed by atoms with Crippen LogP contribution in [0.4, 0.5) is 17.2 Å². The smallest absolute Gasteiger partial charge is 0.340 e. The quantitative estimate of drug-likeness (QED) is 0.830.